The van der Waals surface area contributed by atoms with Gasteiger partial charge >= 0.3 is 6.03 Å². The molecule has 0 saturated carbocycles. The van der Waals surface area contributed by atoms with E-state index in [1.807, 2.05) is 35.2 Å². The van der Waals surface area contributed by atoms with Crippen molar-refractivity contribution < 1.29 is 9.59 Å². The predicted octanol–water partition coefficient (Wildman–Crippen LogP) is 4.10. The monoisotopic (exact) mass is 330 g/mol. The van der Waals surface area contributed by atoms with Gasteiger partial charge in [0.1, 0.15) is 6.04 Å². The predicted molar refractivity (Wildman–Crippen MR) is 96.7 cm³/mol. The summed E-state index contributed by atoms with van der Waals surface area (Å²) in [6, 6.07) is 9.65. The van der Waals surface area contributed by atoms with Crippen molar-refractivity contribution in [3.8, 4) is 0 Å². The smallest absolute Gasteiger partial charge is 0.312 e. The number of imide groups is 1. The molecule has 24 heavy (non-hydrogen) atoms. The van der Waals surface area contributed by atoms with Gasteiger partial charge in [0.2, 0.25) is 0 Å². The van der Waals surface area contributed by atoms with Gasteiger partial charge in [0, 0.05) is 13.1 Å². The van der Waals surface area contributed by atoms with Crippen LogP contribution in [0.25, 0.3) is 0 Å². The first kappa shape index (κ1) is 18.5. The molecule has 1 saturated heterocycles. The molecule has 1 aliphatic rings. The first-order chi connectivity index (χ1) is 11.6. The Kier molecular flexibility index (Phi) is 6.83. The Morgan fingerprint density at radius 1 is 1.04 bits per heavy atom. The first-order valence-corrected chi connectivity index (χ1v) is 9.26. The van der Waals surface area contributed by atoms with Crippen LogP contribution in [-0.2, 0) is 11.2 Å². The molecule has 0 spiro atoms. The van der Waals surface area contributed by atoms with Gasteiger partial charge in [0.25, 0.3) is 5.91 Å². The van der Waals surface area contributed by atoms with Crippen LogP contribution < -0.4 is 0 Å². The topological polar surface area (TPSA) is 40.6 Å². The summed E-state index contributed by atoms with van der Waals surface area (Å²) < 4.78 is 0. The number of nitrogens with zero attached hydrogens (tertiary/aromatic N) is 2. The van der Waals surface area contributed by atoms with Gasteiger partial charge in [-0.25, -0.2) is 4.79 Å². The molecule has 2 atom stereocenters. The van der Waals surface area contributed by atoms with Crippen molar-refractivity contribution >= 4 is 11.9 Å². The Morgan fingerprint density at radius 3 is 2.38 bits per heavy atom. The van der Waals surface area contributed by atoms with Crippen LogP contribution in [0.5, 0.6) is 0 Å². The highest BCUT2D eigenvalue weighted by molar-refractivity contribution is 6.04. The number of carbonyl (C=O) groups excluding carboxylic acids is 2. The molecule has 0 aliphatic carbocycles. The molecule has 0 N–H and O–H groups in total. The Bertz CT molecular complexity index is 544. The Morgan fingerprint density at radius 2 is 1.75 bits per heavy atom. The number of carbonyl (C=O) groups is 2. The largest absolute Gasteiger partial charge is 0.327 e. The molecule has 0 aromatic heterocycles. The van der Waals surface area contributed by atoms with Crippen LogP contribution >= 0.6 is 0 Å². The molecular formula is C20H30N2O2. The summed E-state index contributed by atoms with van der Waals surface area (Å²) in [6.45, 7) is 7.46. The SMILES string of the molecule is CCCCCN1C(=O)N(CCc2ccccc2)C(=O)[C@@H]1[C@@H](C)CC. The summed E-state index contributed by atoms with van der Waals surface area (Å²) in [5, 5.41) is 0. The normalized spacial score (nSPS) is 19.2. The number of rotatable bonds is 9. The third-order valence-electron chi connectivity index (χ3n) is 4.98. The highest BCUT2D eigenvalue weighted by atomic mass is 16.2. The number of urea groups is 1. The minimum atomic E-state index is -0.282. The van der Waals surface area contributed by atoms with Crippen LogP contribution in [0.4, 0.5) is 4.79 Å². The summed E-state index contributed by atoms with van der Waals surface area (Å²) in [5.74, 6) is 0.187. The van der Waals surface area contributed by atoms with Crippen LogP contribution in [0.1, 0.15) is 52.0 Å². The molecule has 3 amide bonds. The maximum atomic E-state index is 12.8. The minimum Gasteiger partial charge on any atom is -0.312 e. The second-order valence-corrected chi connectivity index (χ2v) is 6.74. The van der Waals surface area contributed by atoms with Crippen molar-refractivity contribution in [2.45, 2.75) is 58.9 Å². The highest BCUT2D eigenvalue weighted by Gasteiger charge is 2.46. The van der Waals surface area contributed by atoms with Gasteiger partial charge < -0.3 is 4.90 Å². The molecule has 132 valence electrons. The van der Waals surface area contributed by atoms with Gasteiger partial charge in [0.15, 0.2) is 0 Å². The van der Waals surface area contributed by atoms with E-state index < -0.39 is 0 Å². The molecular weight excluding hydrogens is 300 g/mol. The second kappa shape index (κ2) is 8.86. The van der Waals surface area contributed by atoms with E-state index in [1.54, 1.807) is 0 Å². The Hall–Kier alpha value is -1.84. The Balaban J connectivity index is 2.07. The maximum absolute atomic E-state index is 12.8. The molecule has 4 heteroatoms. The zero-order valence-corrected chi connectivity index (χ0v) is 15.2. The quantitative estimate of drug-likeness (QED) is 0.505. The molecule has 1 heterocycles. The molecule has 4 nitrogen and oxygen atoms in total. The lowest BCUT2D eigenvalue weighted by Gasteiger charge is -2.25. The maximum Gasteiger partial charge on any atom is 0.327 e. The summed E-state index contributed by atoms with van der Waals surface area (Å²) >= 11 is 0. The van der Waals surface area contributed by atoms with Crippen molar-refractivity contribution in [1.82, 2.24) is 9.80 Å². The molecule has 0 radical (unpaired) electrons. The molecule has 0 unspecified atom stereocenters. The number of hydrogen-bond donors (Lipinski definition) is 0. The van der Waals surface area contributed by atoms with Crippen LogP contribution in [0, 0.1) is 5.92 Å². The van der Waals surface area contributed by atoms with E-state index in [0.29, 0.717) is 19.5 Å². The average molecular weight is 330 g/mol. The number of benzene rings is 1. The summed E-state index contributed by atoms with van der Waals surface area (Å²) in [4.78, 5) is 28.9. The molecule has 2 rings (SSSR count). The zero-order chi connectivity index (χ0) is 17.5. The van der Waals surface area contributed by atoms with E-state index in [2.05, 4.69) is 20.8 Å². The van der Waals surface area contributed by atoms with Crippen molar-refractivity contribution in [2.24, 2.45) is 5.92 Å². The summed E-state index contributed by atoms with van der Waals surface area (Å²) in [5.41, 5.74) is 1.16. The lowest BCUT2D eigenvalue weighted by Crippen LogP contribution is -2.40. The van der Waals surface area contributed by atoms with Gasteiger partial charge in [-0.05, 0) is 24.3 Å². The Labute approximate surface area is 145 Å². The number of hydrogen-bond acceptors (Lipinski definition) is 2. The van der Waals surface area contributed by atoms with E-state index in [-0.39, 0.29) is 23.9 Å². The van der Waals surface area contributed by atoms with Gasteiger partial charge in [-0.15, -0.1) is 0 Å². The summed E-state index contributed by atoms with van der Waals surface area (Å²) in [7, 11) is 0. The lowest BCUT2D eigenvalue weighted by molar-refractivity contribution is -0.129. The van der Waals surface area contributed by atoms with Gasteiger partial charge in [0.05, 0.1) is 0 Å². The van der Waals surface area contributed by atoms with Crippen molar-refractivity contribution in [3.05, 3.63) is 35.9 Å². The third kappa shape index (κ3) is 4.16. The van der Waals surface area contributed by atoms with E-state index in [4.69, 9.17) is 0 Å². The fraction of sp³-hybridized carbons (Fsp3) is 0.600. The van der Waals surface area contributed by atoms with E-state index in [0.717, 1.165) is 31.2 Å². The van der Waals surface area contributed by atoms with Crippen molar-refractivity contribution in [3.63, 3.8) is 0 Å². The zero-order valence-electron chi connectivity index (χ0n) is 15.2. The lowest BCUT2D eigenvalue weighted by atomic mass is 9.97. The fourth-order valence-electron chi connectivity index (χ4n) is 3.29. The van der Waals surface area contributed by atoms with Crippen LogP contribution in [0.15, 0.2) is 30.3 Å². The minimum absolute atomic E-state index is 0.0122. The first-order valence-electron chi connectivity index (χ1n) is 9.26. The fourth-order valence-corrected chi connectivity index (χ4v) is 3.29. The van der Waals surface area contributed by atoms with Crippen molar-refractivity contribution in [2.75, 3.05) is 13.1 Å². The molecule has 1 fully saturated rings. The van der Waals surface area contributed by atoms with Crippen molar-refractivity contribution in [1.29, 1.82) is 0 Å². The van der Waals surface area contributed by atoms with E-state index >= 15 is 0 Å². The van der Waals surface area contributed by atoms with Crippen LogP contribution in [-0.4, -0.2) is 40.9 Å². The van der Waals surface area contributed by atoms with Crippen LogP contribution in [0.3, 0.4) is 0 Å². The molecule has 1 aromatic carbocycles. The average Bonchev–Trinajstić information content (AvgIpc) is 2.84. The van der Waals surface area contributed by atoms with E-state index in [9.17, 15) is 9.59 Å². The molecule has 1 aromatic rings. The highest BCUT2D eigenvalue weighted by Crippen LogP contribution is 2.26. The number of amides is 3. The molecule has 1 aliphatic heterocycles. The van der Waals surface area contributed by atoms with Gasteiger partial charge in [-0.3, -0.25) is 9.69 Å². The molecule has 0 bridgehead atoms. The second-order valence-electron chi connectivity index (χ2n) is 6.74. The van der Waals surface area contributed by atoms with Gasteiger partial charge in [-0.1, -0.05) is 70.4 Å². The summed E-state index contributed by atoms with van der Waals surface area (Å²) in [6.07, 6.45) is 4.79. The van der Waals surface area contributed by atoms with Crippen LogP contribution in [0.2, 0.25) is 0 Å². The standard InChI is InChI=1S/C20H30N2O2/c1-4-6-10-14-21-18(16(3)5-2)19(23)22(20(21)24)15-13-17-11-8-7-9-12-17/h7-9,11-12,16,18H,4-6,10,13-15H2,1-3H3/t16-,18-/m0/s1. The van der Waals surface area contributed by atoms with E-state index in [1.165, 1.54) is 4.90 Å². The number of unbranched alkanes of at least 4 members (excludes halogenated alkanes) is 2. The third-order valence-corrected chi connectivity index (χ3v) is 4.98. The van der Waals surface area contributed by atoms with Gasteiger partial charge in [-0.2, -0.15) is 0 Å².